The Bertz CT molecular complexity index is 537. The number of hydrogen-bond donors (Lipinski definition) is 2. The van der Waals surface area contributed by atoms with Crippen molar-refractivity contribution in [2.45, 2.75) is 44.8 Å². The first-order valence-electron chi connectivity index (χ1n) is 8.04. The van der Waals surface area contributed by atoms with Crippen LogP contribution in [-0.2, 0) is 9.53 Å². The molecule has 1 aliphatic heterocycles. The van der Waals surface area contributed by atoms with Crippen LogP contribution in [0.1, 0.15) is 38.2 Å². The van der Waals surface area contributed by atoms with Gasteiger partial charge in [0.1, 0.15) is 0 Å². The van der Waals surface area contributed by atoms with Gasteiger partial charge in [-0.1, -0.05) is 6.07 Å². The van der Waals surface area contributed by atoms with Gasteiger partial charge >= 0.3 is 0 Å². The lowest BCUT2D eigenvalue weighted by Crippen LogP contribution is -2.50. The van der Waals surface area contributed by atoms with E-state index in [-0.39, 0.29) is 24.0 Å². The van der Waals surface area contributed by atoms with Crippen LogP contribution in [0.5, 0.6) is 0 Å². The lowest BCUT2D eigenvalue weighted by Gasteiger charge is -2.33. The summed E-state index contributed by atoms with van der Waals surface area (Å²) < 4.78 is 32.0. The van der Waals surface area contributed by atoms with Crippen LogP contribution >= 0.6 is 0 Å². The van der Waals surface area contributed by atoms with E-state index < -0.39 is 11.6 Å². The van der Waals surface area contributed by atoms with Crippen LogP contribution in [0.2, 0.25) is 0 Å². The molecule has 1 fully saturated rings. The van der Waals surface area contributed by atoms with Gasteiger partial charge in [-0.3, -0.25) is 4.79 Å². The average Bonchev–Trinajstić information content (AvgIpc) is 2.50. The topological polar surface area (TPSA) is 50.4 Å². The minimum Gasteiger partial charge on any atom is -0.378 e. The average molecular weight is 326 g/mol. The largest absolute Gasteiger partial charge is 0.378 e. The summed E-state index contributed by atoms with van der Waals surface area (Å²) in [5.74, 6) is -1.82. The predicted molar refractivity (Wildman–Crippen MR) is 84.2 cm³/mol. The van der Waals surface area contributed by atoms with Crippen molar-refractivity contribution < 1.29 is 18.3 Å². The summed E-state index contributed by atoms with van der Waals surface area (Å²) >= 11 is 0. The Labute approximate surface area is 135 Å². The van der Waals surface area contributed by atoms with E-state index in [1.165, 1.54) is 6.07 Å². The van der Waals surface area contributed by atoms with Gasteiger partial charge in [-0.25, -0.2) is 8.78 Å². The first-order valence-corrected chi connectivity index (χ1v) is 8.04. The second-order valence-electron chi connectivity index (χ2n) is 6.12. The summed E-state index contributed by atoms with van der Waals surface area (Å²) in [6.07, 6.45) is 1.15. The molecular formula is C17H24F2N2O2. The second-order valence-corrected chi connectivity index (χ2v) is 6.12. The van der Waals surface area contributed by atoms with Crippen molar-refractivity contribution in [3.05, 3.63) is 35.4 Å². The Kier molecular flexibility index (Phi) is 6.47. The van der Waals surface area contributed by atoms with E-state index in [4.69, 9.17) is 4.74 Å². The van der Waals surface area contributed by atoms with Gasteiger partial charge in [0.05, 0.1) is 12.7 Å². The van der Waals surface area contributed by atoms with Crippen molar-refractivity contribution >= 4 is 5.91 Å². The van der Waals surface area contributed by atoms with Gasteiger partial charge in [-0.2, -0.15) is 0 Å². The minimum atomic E-state index is -0.853. The molecule has 1 aromatic rings. The van der Waals surface area contributed by atoms with E-state index in [1.807, 2.05) is 13.8 Å². The first-order chi connectivity index (χ1) is 11.0. The molecule has 2 unspecified atom stereocenters. The summed E-state index contributed by atoms with van der Waals surface area (Å²) in [6, 6.07) is 3.82. The minimum absolute atomic E-state index is 0.0266. The zero-order valence-electron chi connectivity index (χ0n) is 13.6. The van der Waals surface area contributed by atoms with Crippen LogP contribution in [0.15, 0.2) is 18.2 Å². The van der Waals surface area contributed by atoms with E-state index in [2.05, 4.69) is 10.6 Å². The molecule has 0 bridgehead atoms. The maximum atomic E-state index is 13.5. The number of hydrogen-bond acceptors (Lipinski definition) is 3. The lowest BCUT2D eigenvalue weighted by atomic mass is 9.86. The van der Waals surface area contributed by atoms with Gasteiger partial charge in [-0.15, -0.1) is 0 Å². The number of nitrogens with one attached hydrogen (secondary N) is 2. The number of carbonyl (C=O) groups excluding carboxylic acids is 1. The number of benzene rings is 1. The zero-order valence-corrected chi connectivity index (χ0v) is 13.6. The molecule has 0 aromatic heterocycles. The van der Waals surface area contributed by atoms with Gasteiger partial charge in [0.2, 0.25) is 5.91 Å². The molecule has 0 aliphatic carbocycles. The highest BCUT2D eigenvalue weighted by Gasteiger charge is 2.28. The Morgan fingerprint density at radius 3 is 2.87 bits per heavy atom. The monoisotopic (exact) mass is 326 g/mol. The summed E-state index contributed by atoms with van der Waals surface area (Å²) in [4.78, 5) is 12.0. The number of amides is 1. The van der Waals surface area contributed by atoms with Gasteiger partial charge in [0.15, 0.2) is 11.6 Å². The lowest BCUT2D eigenvalue weighted by molar-refractivity contribution is -0.123. The normalized spacial score (nSPS) is 21.4. The number of halogens is 2. The van der Waals surface area contributed by atoms with Crippen molar-refractivity contribution in [1.82, 2.24) is 10.6 Å². The van der Waals surface area contributed by atoms with Crippen LogP contribution in [0.4, 0.5) is 8.78 Å². The maximum absolute atomic E-state index is 13.5. The van der Waals surface area contributed by atoms with Crippen LogP contribution in [0, 0.1) is 11.6 Å². The van der Waals surface area contributed by atoms with Crippen molar-refractivity contribution in [2.24, 2.45) is 0 Å². The molecule has 1 aliphatic rings. The highest BCUT2D eigenvalue weighted by atomic mass is 19.2. The number of piperidine rings is 1. The Morgan fingerprint density at radius 2 is 2.17 bits per heavy atom. The number of ether oxygens (including phenoxy) is 1. The van der Waals surface area contributed by atoms with Crippen molar-refractivity contribution in [3.8, 4) is 0 Å². The maximum Gasteiger partial charge on any atom is 0.222 e. The fourth-order valence-electron chi connectivity index (χ4n) is 2.82. The Balaban J connectivity index is 1.97. The molecule has 1 aromatic carbocycles. The van der Waals surface area contributed by atoms with E-state index in [1.54, 1.807) is 6.07 Å². The highest BCUT2D eigenvalue weighted by molar-refractivity contribution is 5.76. The first kappa shape index (κ1) is 17.8. The molecule has 2 atom stereocenters. The quantitative estimate of drug-likeness (QED) is 0.844. The Morgan fingerprint density at radius 1 is 1.39 bits per heavy atom. The molecule has 0 saturated carbocycles. The van der Waals surface area contributed by atoms with Gasteiger partial charge < -0.3 is 15.4 Å². The molecule has 128 valence electrons. The van der Waals surface area contributed by atoms with E-state index in [0.717, 1.165) is 19.0 Å². The van der Waals surface area contributed by atoms with E-state index in [0.29, 0.717) is 25.1 Å². The van der Waals surface area contributed by atoms with Crippen molar-refractivity contribution in [2.75, 3.05) is 19.7 Å². The smallest absolute Gasteiger partial charge is 0.222 e. The summed E-state index contributed by atoms with van der Waals surface area (Å²) in [7, 11) is 0. The molecule has 0 spiro atoms. The molecule has 2 N–H and O–H groups in total. The third-order valence-electron chi connectivity index (χ3n) is 3.98. The van der Waals surface area contributed by atoms with Crippen LogP contribution in [0.25, 0.3) is 0 Å². The molecule has 2 rings (SSSR count). The molecule has 23 heavy (non-hydrogen) atoms. The molecule has 6 heteroatoms. The molecule has 0 radical (unpaired) electrons. The van der Waals surface area contributed by atoms with Crippen molar-refractivity contribution in [1.29, 1.82) is 0 Å². The zero-order chi connectivity index (χ0) is 16.8. The third kappa shape index (κ3) is 5.25. The fraction of sp³-hybridized carbons (Fsp3) is 0.588. The van der Waals surface area contributed by atoms with Gasteiger partial charge in [0.25, 0.3) is 0 Å². The molecular weight excluding hydrogens is 302 g/mol. The standard InChI is InChI=1S/C17H24F2N2O2/c1-11(2)23-8-6-17(22)21-16-10-20-7-5-13(16)12-3-4-14(18)15(19)9-12/h3-4,9,11,13,16,20H,5-8,10H2,1-2H3,(H,21,22). The summed E-state index contributed by atoms with van der Waals surface area (Å²) in [5.41, 5.74) is 0.717. The van der Waals surface area contributed by atoms with E-state index >= 15 is 0 Å². The predicted octanol–water partition coefficient (Wildman–Crippen LogP) is 2.34. The third-order valence-corrected chi connectivity index (χ3v) is 3.98. The number of carbonyl (C=O) groups is 1. The van der Waals surface area contributed by atoms with E-state index in [9.17, 15) is 13.6 Å². The fourth-order valence-corrected chi connectivity index (χ4v) is 2.82. The van der Waals surface area contributed by atoms with Gasteiger partial charge in [-0.05, 0) is 44.5 Å². The van der Waals surface area contributed by atoms with Crippen LogP contribution in [0.3, 0.4) is 0 Å². The molecule has 1 heterocycles. The molecule has 1 amide bonds. The van der Waals surface area contributed by atoms with Crippen LogP contribution in [-0.4, -0.2) is 37.7 Å². The Hall–Kier alpha value is -1.53. The summed E-state index contributed by atoms with van der Waals surface area (Å²) in [6.45, 7) is 5.61. The van der Waals surface area contributed by atoms with Gasteiger partial charge in [0, 0.05) is 24.9 Å². The van der Waals surface area contributed by atoms with Crippen LogP contribution < -0.4 is 10.6 Å². The SMILES string of the molecule is CC(C)OCCC(=O)NC1CNCCC1c1ccc(F)c(F)c1. The number of rotatable bonds is 6. The second kappa shape index (κ2) is 8.36. The molecule has 4 nitrogen and oxygen atoms in total. The highest BCUT2D eigenvalue weighted by Crippen LogP contribution is 2.27. The van der Waals surface area contributed by atoms with Crippen molar-refractivity contribution in [3.63, 3.8) is 0 Å². The summed E-state index contributed by atoms with van der Waals surface area (Å²) in [5, 5.41) is 6.20. The molecule has 1 saturated heterocycles.